The van der Waals surface area contributed by atoms with Gasteiger partial charge in [-0.3, -0.25) is 9.59 Å². The minimum atomic E-state index is -0.311. The minimum Gasteiger partial charge on any atom is -0.495 e. The topological polar surface area (TPSA) is 58.6 Å². The first-order chi connectivity index (χ1) is 10.8. The number of anilines is 1. The Balaban J connectivity index is 2.14. The summed E-state index contributed by atoms with van der Waals surface area (Å²) in [6.07, 6.45) is 0.244. The van der Waals surface area contributed by atoms with Gasteiger partial charge < -0.3 is 15.0 Å². The molecule has 0 saturated carbocycles. The van der Waals surface area contributed by atoms with Crippen molar-refractivity contribution in [2.75, 3.05) is 18.6 Å². The molecule has 0 spiro atoms. The number of hydrogen-bond acceptors (Lipinski definition) is 3. The number of carbonyl (C=O) groups is 2. The largest absolute Gasteiger partial charge is 0.495 e. The zero-order chi connectivity index (χ0) is 17.1. The van der Waals surface area contributed by atoms with Crippen LogP contribution in [0.25, 0.3) is 0 Å². The number of rotatable bonds is 5. The zero-order valence-electron chi connectivity index (χ0n) is 14.6. The highest BCUT2D eigenvalue weighted by Gasteiger charge is 2.36. The molecule has 1 fully saturated rings. The number of amides is 2. The van der Waals surface area contributed by atoms with Crippen LogP contribution < -0.4 is 15.0 Å². The number of nitrogens with zero attached hydrogens (tertiary/aromatic N) is 1. The van der Waals surface area contributed by atoms with Gasteiger partial charge >= 0.3 is 0 Å². The van der Waals surface area contributed by atoms with E-state index in [4.69, 9.17) is 4.74 Å². The van der Waals surface area contributed by atoms with Crippen molar-refractivity contribution in [2.24, 2.45) is 11.8 Å². The van der Waals surface area contributed by atoms with E-state index in [2.05, 4.69) is 19.2 Å². The summed E-state index contributed by atoms with van der Waals surface area (Å²) in [6, 6.07) is 5.82. The molecule has 0 aliphatic carbocycles. The molecule has 23 heavy (non-hydrogen) atoms. The Labute approximate surface area is 138 Å². The standard InChI is InChI=1S/C18H26N2O3/c1-11(2)13(4)19-18(22)14-9-17(21)20(10-14)15-8-12(3)6-7-16(15)23-5/h6-8,11,13-14H,9-10H2,1-5H3,(H,19,22)/t13-,14+/m0/s1. The van der Waals surface area contributed by atoms with E-state index < -0.39 is 0 Å². The van der Waals surface area contributed by atoms with Gasteiger partial charge in [0, 0.05) is 19.0 Å². The third-order valence-corrected chi connectivity index (χ3v) is 4.49. The first kappa shape index (κ1) is 17.3. The van der Waals surface area contributed by atoms with E-state index in [0.29, 0.717) is 18.2 Å². The van der Waals surface area contributed by atoms with Gasteiger partial charge in [0.15, 0.2) is 0 Å². The van der Waals surface area contributed by atoms with Gasteiger partial charge in [-0.1, -0.05) is 19.9 Å². The number of benzene rings is 1. The highest BCUT2D eigenvalue weighted by Crippen LogP contribution is 2.34. The van der Waals surface area contributed by atoms with Gasteiger partial charge in [0.1, 0.15) is 5.75 Å². The number of methoxy groups -OCH3 is 1. The fraction of sp³-hybridized carbons (Fsp3) is 0.556. The van der Waals surface area contributed by atoms with Crippen LogP contribution in [-0.2, 0) is 9.59 Å². The van der Waals surface area contributed by atoms with Crippen molar-refractivity contribution in [2.45, 2.75) is 40.2 Å². The lowest BCUT2D eigenvalue weighted by Gasteiger charge is -2.21. The molecule has 0 unspecified atom stereocenters. The molecule has 5 heteroatoms. The number of ether oxygens (including phenoxy) is 1. The van der Waals surface area contributed by atoms with Crippen molar-refractivity contribution in [3.8, 4) is 5.75 Å². The highest BCUT2D eigenvalue weighted by molar-refractivity contribution is 6.01. The summed E-state index contributed by atoms with van der Waals surface area (Å²) in [4.78, 5) is 26.4. The molecule has 1 heterocycles. The molecule has 1 aliphatic heterocycles. The van der Waals surface area contributed by atoms with Crippen molar-refractivity contribution < 1.29 is 14.3 Å². The summed E-state index contributed by atoms with van der Waals surface area (Å²) in [5, 5.41) is 3.00. The summed E-state index contributed by atoms with van der Waals surface area (Å²) < 4.78 is 5.36. The summed E-state index contributed by atoms with van der Waals surface area (Å²) in [6.45, 7) is 8.48. The van der Waals surface area contributed by atoms with E-state index in [-0.39, 0.29) is 30.2 Å². The average Bonchev–Trinajstić information content (AvgIpc) is 2.89. The van der Waals surface area contributed by atoms with Crippen LogP contribution in [0.15, 0.2) is 18.2 Å². The van der Waals surface area contributed by atoms with Gasteiger partial charge in [-0.25, -0.2) is 0 Å². The van der Waals surface area contributed by atoms with E-state index in [1.165, 1.54) is 0 Å². The van der Waals surface area contributed by atoms with Crippen LogP contribution in [0.1, 0.15) is 32.8 Å². The molecule has 1 saturated heterocycles. The Morgan fingerprint density at radius 2 is 2.04 bits per heavy atom. The fourth-order valence-electron chi connectivity index (χ4n) is 2.64. The van der Waals surface area contributed by atoms with Crippen molar-refractivity contribution in [1.29, 1.82) is 0 Å². The monoisotopic (exact) mass is 318 g/mol. The molecule has 0 bridgehead atoms. The van der Waals surface area contributed by atoms with Crippen LogP contribution in [0.4, 0.5) is 5.69 Å². The fourth-order valence-corrected chi connectivity index (χ4v) is 2.64. The van der Waals surface area contributed by atoms with Gasteiger partial charge in [0.05, 0.1) is 18.7 Å². The maximum atomic E-state index is 12.4. The number of carbonyl (C=O) groups excluding carboxylic acids is 2. The van der Waals surface area contributed by atoms with Crippen molar-refractivity contribution in [3.63, 3.8) is 0 Å². The second kappa shape index (κ2) is 7.02. The Morgan fingerprint density at radius 1 is 1.35 bits per heavy atom. The average molecular weight is 318 g/mol. The summed E-state index contributed by atoms with van der Waals surface area (Å²) in [5.74, 6) is 0.624. The summed E-state index contributed by atoms with van der Waals surface area (Å²) >= 11 is 0. The SMILES string of the molecule is COc1ccc(C)cc1N1C[C@H](C(=O)N[C@@H](C)C(C)C)CC1=O. The molecular formula is C18H26N2O3. The number of aryl methyl sites for hydroxylation is 1. The van der Waals surface area contributed by atoms with E-state index >= 15 is 0 Å². The van der Waals surface area contributed by atoms with Crippen LogP contribution >= 0.6 is 0 Å². The maximum absolute atomic E-state index is 12.4. The van der Waals surface area contributed by atoms with Gasteiger partial charge in [0.2, 0.25) is 11.8 Å². The quantitative estimate of drug-likeness (QED) is 0.907. The second-order valence-electron chi connectivity index (χ2n) is 6.62. The smallest absolute Gasteiger partial charge is 0.227 e. The Morgan fingerprint density at radius 3 is 2.65 bits per heavy atom. The van der Waals surface area contributed by atoms with Crippen molar-refractivity contribution in [1.82, 2.24) is 5.32 Å². The first-order valence-electron chi connectivity index (χ1n) is 8.08. The molecular weight excluding hydrogens is 292 g/mol. The van der Waals surface area contributed by atoms with Crippen molar-refractivity contribution >= 4 is 17.5 Å². The Bertz CT molecular complexity index is 598. The van der Waals surface area contributed by atoms with Gasteiger partial charge in [-0.15, -0.1) is 0 Å². The molecule has 1 aromatic carbocycles. The lowest BCUT2D eigenvalue weighted by molar-refractivity contribution is -0.127. The first-order valence-corrected chi connectivity index (χ1v) is 8.08. The normalized spacial score (nSPS) is 19.1. The van der Waals surface area contributed by atoms with Crippen LogP contribution in [0.3, 0.4) is 0 Å². The molecule has 126 valence electrons. The van der Waals surface area contributed by atoms with Crippen molar-refractivity contribution in [3.05, 3.63) is 23.8 Å². The Kier molecular flexibility index (Phi) is 5.29. The third-order valence-electron chi connectivity index (χ3n) is 4.49. The van der Waals surface area contributed by atoms with Crippen LogP contribution in [-0.4, -0.2) is 31.5 Å². The Hall–Kier alpha value is -2.04. The molecule has 2 rings (SSSR count). The van der Waals surface area contributed by atoms with Gasteiger partial charge in [-0.2, -0.15) is 0 Å². The lowest BCUT2D eigenvalue weighted by Crippen LogP contribution is -2.40. The molecule has 2 atom stereocenters. The second-order valence-corrected chi connectivity index (χ2v) is 6.62. The predicted molar refractivity (Wildman–Crippen MR) is 90.6 cm³/mol. The number of hydrogen-bond donors (Lipinski definition) is 1. The van der Waals surface area contributed by atoms with Gasteiger partial charge in [0.25, 0.3) is 0 Å². The zero-order valence-corrected chi connectivity index (χ0v) is 14.6. The lowest BCUT2D eigenvalue weighted by atomic mass is 10.0. The van der Waals surface area contributed by atoms with Crippen LogP contribution in [0.2, 0.25) is 0 Å². The van der Waals surface area contributed by atoms with Crippen LogP contribution in [0.5, 0.6) is 5.75 Å². The highest BCUT2D eigenvalue weighted by atomic mass is 16.5. The molecule has 1 aliphatic rings. The molecule has 0 radical (unpaired) electrons. The van der Waals surface area contributed by atoms with E-state index in [0.717, 1.165) is 11.3 Å². The van der Waals surface area contributed by atoms with E-state index in [1.807, 2.05) is 32.0 Å². The summed E-state index contributed by atoms with van der Waals surface area (Å²) in [5.41, 5.74) is 1.79. The van der Waals surface area contributed by atoms with Gasteiger partial charge in [-0.05, 0) is 37.5 Å². The predicted octanol–water partition coefficient (Wildman–Crippen LogP) is 2.52. The van der Waals surface area contributed by atoms with Crippen LogP contribution in [0, 0.1) is 18.8 Å². The maximum Gasteiger partial charge on any atom is 0.227 e. The molecule has 2 amide bonds. The number of nitrogens with one attached hydrogen (secondary N) is 1. The molecule has 5 nitrogen and oxygen atoms in total. The van der Waals surface area contributed by atoms with E-state index in [1.54, 1.807) is 12.0 Å². The molecule has 1 aromatic rings. The minimum absolute atomic E-state index is 0.0359. The molecule has 1 N–H and O–H groups in total. The summed E-state index contributed by atoms with van der Waals surface area (Å²) in [7, 11) is 1.59. The van der Waals surface area contributed by atoms with E-state index in [9.17, 15) is 9.59 Å². The third kappa shape index (κ3) is 3.84. The molecule has 0 aromatic heterocycles.